The highest BCUT2D eigenvalue weighted by Gasteiger charge is 2.35. The number of aromatic hydroxyl groups is 1. The molecule has 1 atom stereocenters. The Morgan fingerprint density at radius 2 is 2.10 bits per heavy atom. The summed E-state index contributed by atoms with van der Waals surface area (Å²) in [5.41, 5.74) is 2.70. The largest absolute Gasteiger partial charge is 0.504 e. The predicted octanol–water partition coefficient (Wildman–Crippen LogP) is 4.62. The second-order valence-electron chi connectivity index (χ2n) is 6.99. The van der Waals surface area contributed by atoms with Gasteiger partial charge in [0.15, 0.2) is 11.5 Å². The first-order valence-electron chi connectivity index (χ1n) is 9.68. The van der Waals surface area contributed by atoms with Crippen LogP contribution in [0.15, 0.2) is 52.7 Å². The van der Waals surface area contributed by atoms with E-state index in [1.54, 1.807) is 41.3 Å². The molecule has 2 heterocycles. The fourth-order valence-electron chi connectivity index (χ4n) is 3.65. The molecule has 0 saturated carbocycles. The number of phenols is 1. The quantitative estimate of drug-likeness (QED) is 0.600. The monoisotopic (exact) mass is 440 g/mol. The lowest BCUT2D eigenvalue weighted by Crippen LogP contribution is -2.45. The molecule has 2 aromatic carbocycles. The molecule has 0 fully saturated rings. The molecule has 31 heavy (non-hydrogen) atoms. The van der Waals surface area contributed by atoms with Crippen LogP contribution in [0.5, 0.6) is 11.5 Å². The van der Waals surface area contributed by atoms with Crippen LogP contribution in [-0.2, 0) is 0 Å². The SMILES string of the molecule is CCN1C(=O)NC(c2ccc(OC)c(O)c2)C(c2nc(-c3cccc(Cl)c3)no2)=C1C. The van der Waals surface area contributed by atoms with E-state index in [1.807, 2.05) is 19.9 Å². The number of amides is 2. The van der Waals surface area contributed by atoms with Gasteiger partial charge in [-0.05, 0) is 43.7 Å². The fourth-order valence-corrected chi connectivity index (χ4v) is 3.84. The molecular formula is C22H21ClN4O4. The second-order valence-corrected chi connectivity index (χ2v) is 7.43. The Hall–Kier alpha value is -3.52. The molecule has 0 radical (unpaired) electrons. The van der Waals surface area contributed by atoms with Gasteiger partial charge in [0.1, 0.15) is 0 Å². The third-order valence-corrected chi connectivity index (χ3v) is 5.42. The molecule has 9 heteroatoms. The van der Waals surface area contributed by atoms with Crippen LogP contribution in [0.2, 0.25) is 5.02 Å². The van der Waals surface area contributed by atoms with Gasteiger partial charge in [0.05, 0.1) is 18.7 Å². The number of hydrogen-bond acceptors (Lipinski definition) is 6. The molecule has 2 N–H and O–H groups in total. The third kappa shape index (κ3) is 3.82. The Labute approximate surface area is 184 Å². The number of nitrogens with zero attached hydrogens (tertiary/aromatic N) is 3. The van der Waals surface area contributed by atoms with Gasteiger partial charge in [-0.25, -0.2) is 4.79 Å². The van der Waals surface area contributed by atoms with Gasteiger partial charge in [-0.1, -0.05) is 35.0 Å². The lowest BCUT2D eigenvalue weighted by Gasteiger charge is -2.34. The summed E-state index contributed by atoms with van der Waals surface area (Å²) < 4.78 is 10.7. The molecule has 4 rings (SSSR count). The molecule has 0 saturated heterocycles. The molecule has 1 unspecified atom stereocenters. The zero-order valence-corrected chi connectivity index (χ0v) is 18.0. The van der Waals surface area contributed by atoms with Gasteiger partial charge in [0.25, 0.3) is 5.89 Å². The number of carbonyl (C=O) groups excluding carboxylic acids is 1. The minimum atomic E-state index is -0.597. The first-order chi connectivity index (χ1) is 14.9. The first kappa shape index (κ1) is 20.7. The zero-order chi connectivity index (χ0) is 22.1. The number of hydrogen-bond donors (Lipinski definition) is 2. The zero-order valence-electron chi connectivity index (χ0n) is 17.2. The van der Waals surface area contributed by atoms with E-state index in [9.17, 15) is 9.90 Å². The number of benzene rings is 2. The molecule has 0 bridgehead atoms. The molecule has 1 aromatic heterocycles. The summed E-state index contributed by atoms with van der Waals surface area (Å²) in [6, 6.07) is 11.3. The van der Waals surface area contributed by atoms with Crippen LogP contribution in [0.3, 0.4) is 0 Å². The predicted molar refractivity (Wildman–Crippen MR) is 116 cm³/mol. The smallest absolute Gasteiger partial charge is 0.322 e. The van der Waals surface area contributed by atoms with Gasteiger partial charge in [-0.3, -0.25) is 4.90 Å². The van der Waals surface area contributed by atoms with Crippen molar-refractivity contribution in [3.63, 3.8) is 0 Å². The first-order valence-corrected chi connectivity index (χ1v) is 10.1. The van der Waals surface area contributed by atoms with Gasteiger partial charge < -0.3 is 19.7 Å². The van der Waals surface area contributed by atoms with Crippen LogP contribution in [0.4, 0.5) is 4.79 Å². The Kier molecular flexibility index (Phi) is 5.56. The number of nitrogens with one attached hydrogen (secondary N) is 1. The van der Waals surface area contributed by atoms with Crippen molar-refractivity contribution in [2.75, 3.05) is 13.7 Å². The molecule has 1 aliphatic heterocycles. The average molecular weight is 441 g/mol. The molecule has 1 aliphatic rings. The topological polar surface area (TPSA) is 101 Å². The number of carbonyl (C=O) groups is 1. The minimum Gasteiger partial charge on any atom is -0.504 e. The Balaban J connectivity index is 1.82. The summed E-state index contributed by atoms with van der Waals surface area (Å²) in [5.74, 6) is 0.957. The van der Waals surface area contributed by atoms with E-state index in [0.717, 1.165) is 0 Å². The highest BCUT2D eigenvalue weighted by Crippen LogP contribution is 2.39. The molecule has 0 spiro atoms. The number of rotatable bonds is 5. The summed E-state index contributed by atoms with van der Waals surface area (Å²) >= 11 is 6.09. The number of allylic oxidation sites excluding steroid dienone is 1. The van der Waals surface area contributed by atoms with E-state index in [2.05, 4.69) is 15.5 Å². The van der Waals surface area contributed by atoms with Crippen LogP contribution in [0.1, 0.15) is 31.3 Å². The van der Waals surface area contributed by atoms with Gasteiger partial charge in [-0.2, -0.15) is 4.98 Å². The van der Waals surface area contributed by atoms with Crippen LogP contribution >= 0.6 is 11.6 Å². The summed E-state index contributed by atoms with van der Waals surface area (Å²) in [7, 11) is 1.47. The van der Waals surface area contributed by atoms with Gasteiger partial charge >= 0.3 is 6.03 Å². The number of ether oxygens (including phenoxy) is 1. The van der Waals surface area contributed by atoms with Crippen LogP contribution < -0.4 is 10.1 Å². The number of aromatic nitrogens is 2. The maximum Gasteiger partial charge on any atom is 0.322 e. The number of methoxy groups -OCH3 is 1. The van der Waals surface area contributed by atoms with Crippen molar-refractivity contribution in [1.29, 1.82) is 0 Å². The van der Waals surface area contributed by atoms with Crippen LogP contribution in [-0.4, -0.2) is 39.8 Å². The van der Waals surface area contributed by atoms with Crippen molar-refractivity contribution in [2.24, 2.45) is 0 Å². The van der Waals surface area contributed by atoms with E-state index < -0.39 is 6.04 Å². The van der Waals surface area contributed by atoms with Crippen LogP contribution in [0, 0.1) is 0 Å². The van der Waals surface area contributed by atoms with E-state index in [4.69, 9.17) is 20.9 Å². The summed E-state index contributed by atoms with van der Waals surface area (Å²) in [4.78, 5) is 18.8. The summed E-state index contributed by atoms with van der Waals surface area (Å²) in [6.07, 6.45) is 0. The summed E-state index contributed by atoms with van der Waals surface area (Å²) in [6.45, 7) is 4.18. The minimum absolute atomic E-state index is 0.0330. The highest BCUT2D eigenvalue weighted by molar-refractivity contribution is 6.30. The van der Waals surface area contributed by atoms with Crippen molar-refractivity contribution < 1.29 is 19.2 Å². The normalized spacial score (nSPS) is 16.5. The van der Waals surface area contributed by atoms with Crippen molar-refractivity contribution in [1.82, 2.24) is 20.4 Å². The third-order valence-electron chi connectivity index (χ3n) is 5.19. The maximum absolute atomic E-state index is 12.7. The van der Waals surface area contributed by atoms with Crippen molar-refractivity contribution in [2.45, 2.75) is 19.9 Å². The van der Waals surface area contributed by atoms with E-state index in [1.165, 1.54) is 7.11 Å². The second kappa shape index (κ2) is 8.31. The fraction of sp³-hybridized carbons (Fsp3) is 0.227. The van der Waals surface area contributed by atoms with E-state index >= 15 is 0 Å². The van der Waals surface area contributed by atoms with Crippen molar-refractivity contribution >= 4 is 23.2 Å². The average Bonchev–Trinajstić information content (AvgIpc) is 3.23. The molecule has 2 amide bonds. The lowest BCUT2D eigenvalue weighted by atomic mass is 9.94. The molecule has 160 valence electrons. The van der Waals surface area contributed by atoms with E-state index in [-0.39, 0.29) is 17.7 Å². The van der Waals surface area contributed by atoms with Crippen LogP contribution in [0.25, 0.3) is 17.0 Å². The molecule has 8 nitrogen and oxygen atoms in total. The number of urea groups is 1. The molecule has 0 aliphatic carbocycles. The molecule has 3 aromatic rings. The highest BCUT2D eigenvalue weighted by atomic mass is 35.5. The number of phenolic OH excluding ortho intramolecular Hbond substituents is 1. The lowest BCUT2D eigenvalue weighted by molar-refractivity contribution is 0.207. The Morgan fingerprint density at radius 1 is 1.29 bits per heavy atom. The summed E-state index contributed by atoms with van der Waals surface area (Å²) in [5, 5.41) is 17.9. The molecular weight excluding hydrogens is 420 g/mol. The Bertz CT molecular complexity index is 1170. The van der Waals surface area contributed by atoms with Gasteiger partial charge in [0, 0.05) is 22.8 Å². The maximum atomic E-state index is 12.7. The van der Waals surface area contributed by atoms with E-state index in [0.29, 0.717) is 45.5 Å². The van der Waals surface area contributed by atoms with Crippen molar-refractivity contribution in [3.8, 4) is 22.9 Å². The Morgan fingerprint density at radius 3 is 2.77 bits per heavy atom. The van der Waals surface area contributed by atoms with Gasteiger partial charge in [0.2, 0.25) is 5.82 Å². The number of halogens is 1. The van der Waals surface area contributed by atoms with Gasteiger partial charge in [-0.15, -0.1) is 0 Å². The van der Waals surface area contributed by atoms with Crippen molar-refractivity contribution in [3.05, 3.63) is 64.6 Å². The standard InChI is InChI=1S/C22H21ClN4O4/c1-4-27-12(2)18(21-25-20(26-31-21)14-6-5-7-15(23)10-14)19(24-22(27)29)13-8-9-17(30-3)16(28)11-13/h5-11,19,28H,4H2,1-3H3,(H,24,29).